The molecule has 3 heteroatoms. The van der Waals surface area contributed by atoms with E-state index in [9.17, 15) is 0 Å². The minimum atomic E-state index is 0.949. The highest BCUT2D eigenvalue weighted by molar-refractivity contribution is 8.07. The van der Waals surface area contributed by atoms with Crippen LogP contribution in [-0.4, -0.2) is 35.2 Å². The van der Waals surface area contributed by atoms with Crippen LogP contribution < -0.4 is 0 Å². The Morgan fingerprint density at radius 3 is 1.82 bits per heavy atom. The Labute approximate surface area is 76.6 Å². The zero-order valence-electron chi connectivity index (χ0n) is 6.62. The summed E-state index contributed by atoms with van der Waals surface area (Å²) in [5.74, 6) is 2.75. The molecule has 64 valence electrons. The Balaban J connectivity index is 1.35. The molecule has 0 aromatic carbocycles. The van der Waals surface area contributed by atoms with Gasteiger partial charge in [-0.05, 0) is 12.8 Å². The van der Waals surface area contributed by atoms with Crippen molar-refractivity contribution in [1.82, 2.24) is 0 Å². The van der Waals surface area contributed by atoms with Crippen molar-refractivity contribution in [1.29, 1.82) is 0 Å². The predicted molar refractivity (Wildman–Crippen MR) is 52.5 cm³/mol. The summed E-state index contributed by atoms with van der Waals surface area (Å²) in [7, 11) is 0. The molecule has 0 aromatic rings. The van der Waals surface area contributed by atoms with Crippen molar-refractivity contribution in [3.8, 4) is 0 Å². The summed E-state index contributed by atoms with van der Waals surface area (Å²) >= 11 is 4.12. The predicted octanol–water partition coefficient (Wildman–Crippen LogP) is 2.01. The third-order valence-electron chi connectivity index (χ3n) is 1.97. The van der Waals surface area contributed by atoms with Crippen molar-refractivity contribution >= 4 is 23.5 Å². The normalized spacial score (nSPS) is 33.8. The summed E-state index contributed by atoms with van der Waals surface area (Å²) in [6.07, 6.45) is 2.56. The monoisotopic (exact) mass is 190 g/mol. The van der Waals surface area contributed by atoms with Gasteiger partial charge in [0.1, 0.15) is 0 Å². The molecule has 2 aliphatic rings. The molecule has 0 saturated carbocycles. The second-order valence-electron chi connectivity index (χ2n) is 3.10. The summed E-state index contributed by atoms with van der Waals surface area (Å²) in [4.78, 5) is 0. The summed E-state index contributed by atoms with van der Waals surface area (Å²) in [5.41, 5.74) is 0. The van der Waals surface area contributed by atoms with E-state index in [1.807, 2.05) is 0 Å². The minimum Gasteiger partial charge on any atom is -0.381 e. The fraction of sp³-hybridized carbons (Fsp3) is 1.00. The number of hydrogen-bond acceptors (Lipinski definition) is 3. The van der Waals surface area contributed by atoms with Crippen molar-refractivity contribution in [2.45, 2.75) is 23.3 Å². The SMILES string of the molecule is C(CC1CS1)OCCC1CS1. The molecule has 0 amide bonds. The van der Waals surface area contributed by atoms with E-state index in [-0.39, 0.29) is 0 Å². The second-order valence-corrected chi connectivity index (χ2v) is 5.77. The zero-order valence-corrected chi connectivity index (χ0v) is 8.26. The molecule has 0 N–H and O–H groups in total. The minimum absolute atomic E-state index is 0.949. The smallest absolute Gasteiger partial charge is 0.0476 e. The maximum absolute atomic E-state index is 5.51. The molecule has 0 aliphatic carbocycles. The molecule has 2 heterocycles. The summed E-state index contributed by atoms with van der Waals surface area (Å²) < 4.78 is 5.51. The van der Waals surface area contributed by atoms with E-state index < -0.39 is 0 Å². The number of rotatable bonds is 6. The van der Waals surface area contributed by atoms with Gasteiger partial charge in [-0.15, -0.1) is 0 Å². The molecule has 2 unspecified atom stereocenters. The van der Waals surface area contributed by atoms with Gasteiger partial charge >= 0.3 is 0 Å². The van der Waals surface area contributed by atoms with Crippen LogP contribution in [0.5, 0.6) is 0 Å². The van der Waals surface area contributed by atoms with Gasteiger partial charge < -0.3 is 4.74 Å². The van der Waals surface area contributed by atoms with Gasteiger partial charge in [0, 0.05) is 35.2 Å². The molecule has 0 bridgehead atoms. The summed E-state index contributed by atoms with van der Waals surface area (Å²) in [6.45, 7) is 1.99. The van der Waals surface area contributed by atoms with Crippen LogP contribution in [0.15, 0.2) is 0 Å². The van der Waals surface area contributed by atoms with E-state index in [0.717, 1.165) is 23.7 Å². The maximum atomic E-state index is 5.51. The van der Waals surface area contributed by atoms with Crippen molar-refractivity contribution < 1.29 is 4.74 Å². The van der Waals surface area contributed by atoms with Gasteiger partial charge in [0.05, 0.1) is 0 Å². The fourth-order valence-electron chi connectivity index (χ4n) is 1.00. The molecule has 0 spiro atoms. The topological polar surface area (TPSA) is 9.23 Å². The van der Waals surface area contributed by atoms with Crippen LogP contribution in [-0.2, 0) is 4.74 Å². The summed E-state index contributed by atoms with van der Waals surface area (Å²) in [5, 5.41) is 1.90. The van der Waals surface area contributed by atoms with Crippen molar-refractivity contribution in [2.75, 3.05) is 24.7 Å². The Morgan fingerprint density at radius 1 is 1.00 bits per heavy atom. The molecule has 2 atom stereocenters. The first-order chi connectivity index (χ1) is 5.45. The molecule has 0 radical (unpaired) electrons. The van der Waals surface area contributed by atoms with E-state index >= 15 is 0 Å². The molecule has 2 rings (SSSR count). The standard InChI is InChI=1S/C8H14OS2/c1(7-5-10-7)3-9-4-2-8-6-11-8/h7-8H,1-6H2. The summed E-state index contributed by atoms with van der Waals surface area (Å²) in [6, 6.07) is 0. The van der Waals surface area contributed by atoms with E-state index in [1.165, 1.54) is 24.3 Å². The molecule has 1 nitrogen and oxygen atoms in total. The first-order valence-corrected chi connectivity index (χ1v) is 6.36. The van der Waals surface area contributed by atoms with Gasteiger partial charge in [0.25, 0.3) is 0 Å². The van der Waals surface area contributed by atoms with Gasteiger partial charge in [-0.2, -0.15) is 23.5 Å². The quantitative estimate of drug-likeness (QED) is 0.468. The second kappa shape index (κ2) is 4.06. The van der Waals surface area contributed by atoms with Crippen LogP contribution in [0.3, 0.4) is 0 Å². The first kappa shape index (κ1) is 8.27. The van der Waals surface area contributed by atoms with Crippen LogP contribution >= 0.6 is 23.5 Å². The third-order valence-corrected chi connectivity index (χ3v) is 4.05. The Hall–Kier alpha value is 0.660. The lowest BCUT2D eigenvalue weighted by Gasteiger charge is -2.00. The van der Waals surface area contributed by atoms with Gasteiger partial charge in [0.2, 0.25) is 0 Å². The zero-order chi connectivity index (χ0) is 7.52. The average molecular weight is 190 g/mol. The Morgan fingerprint density at radius 2 is 1.45 bits per heavy atom. The van der Waals surface area contributed by atoms with E-state index in [2.05, 4.69) is 23.5 Å². The van der Waals surface area contributed by atoms with E-state index in [1.54, 1.807) is 0 Å². The number of thioether (sulfide) groups is 2. The largest absolute Gasteiger partial charge is 0.381 e. The fourth-order valence-corrected chi connectivity index (χ4v) is 2.13. The van der Waals surface area contributed by atoms with Crippen LogP contribution in [0.2, 0.25) is 0 Å². The van der Waals surface area contributed by atoms with Crippen LogP contribution in [0.1, 0.15) is 12.8 Å². The highest BCUT2D eigenvalue weighted by Gasteiger charge is 2.23. The maximum Gasteiger partial charge on any atom is 0.0476 e. The number of ether oxygens (including phenoxy) is 1. The molecular weight excluding hydrogens is 176 g/mol. The van der Waals surface area contributed by atoms with Crippen LogP contribution in [0.25, 0.3) is 0 Å². The van der Waals surface area contributed by atoms with Gasteiger partial charge in [-0.3, -0.25) is 0 Å². The third kappa shape index (κ3) is 3.72. The average Bonchev–Trinajstić information content (AvgIpc) is 2.83. The Kier molecular flexibility index (Phi) is 3.05. The van der Waals surface area contributed by atoms with Crippen molar-refractivity contribution in [3.63, 3.8) is 0 Å². The lowest BCUT2D eigenvalue weighted by atomic mass is 10.3. The molecule has 2 fully saturated rings. The van der Waals surface area contributed by atoms with Crippen LogP contribution in [0.4, 0.5) is 0 Å². The van der Waals surface area contributed by atoms with Crippen molar-refractivity contribution in [2.24, 2.45) is 0 Å². The van der Waals surface area contributed by atoms with Gasteiger partial charge in [0.15, 0.2) is 0 Å². The number of hydrogen-bond donors (Lipinski definition) is 0. The van der Waals surface area contributed by atoms with Crippen LogP contribution in [0, 0.1) is 0 Å². The lowest BCUT2D eigenvalue weighted by Crippen LogP contribution is -2.01. The molecule has 11 heavy (non-hydrogen) atoms. The van der Waals surface area contributed by atoms with E-state index in [4.69, 9.17) is 4.74 Å². The molecular formula is C8H14OS2. The highest BCUT2D eigenvalue weighted by atomic mass is 32.2. The van der Waals surface area contributed by atoms with Crippen molar-refractivity contribution in [3.05, 3.63) is 0 Å². The van der Waals surface area contributed by atoms with Gasteiger partial charge in [-0.1, -0.05) is 0 Å². The first-order valence-electron chi connectivity index (χ1n) is 4.26. The Bertz CT molecular complexity index is 107. The highest BCUT2D eigenvalue weighted by Crippen LogP contribution is 2.34. The lowest BCUT2D eigenvalue weighted by molar-refractivity contribution is 0.132. The molecule has 2 aliphatic heterocycles. The van der Waals surface area contributed by atoms with E-state index in [0.29, 0.717) is 0 Å². The molecule has 2 saturated heterocycles. The molecule has 0 aromatic heterocycles. The van der Waals surface area contributed by atoms with Gasteiger partial charge in [-0.25, -0.2) is 0 Å².